The van der Waals surface area contributed by atoms with Crippen molar-refractivity contribution in [2.45, 2.75) is 13.8 Å². The third-order valence-electron chi connectivity index (χ3n) is 6.04. The van der Waals surface area contributed by atoms with Gasteiger partial charge in [0.1, 0.15) is 5.82 Å². The summed E-state index contributed by atoms with van der Waals surface area (Å²) in [6, 6.07) is 11.8. The van der Waals surface area contributed by atoms with Crippen LogP contribution < -0.4 is 19.1 Å². The maximum Gasteiger partial charge on any atom is 0.254 e. The first-order valence-electron chi connectivity index (χ1n) is 10.7. The molecule has 0 aliphatic carbocycles. The molecule has 0 radical (unpaired) electrons. The molecular formula is C25H29N3O4. The number of amides is 1. The van der Waals surface area contributed by atoms with Crippen molar-refractivity contribution in [2.24, 2.45) is 0 Å². The van der Waals surface area contributed by atoms with Crippen molar-refractivity contribution < 1.29 is 19.0 Å². The maximum absolute atomic E-state index is 13.2. The molecule has 0 N–H and O–H groups in total. The second kappa shape index (κ2) is 8.94. The minimum absolute atomic E-state index is 0.0533. The smallest absolute Gasteiger partial charge is 0.254 e. The molecule has 1 aliphatic heterocycles. The fourth-order valence-electron chi connectivity index (χ4n) is 4.23. The summed E-state index contributed by atoms with van der Waals surface area (Å²) in [6.07, 6.45) is 0. The van der Waals surface area contributed by atoms with Crippen LogP contribution in [0, 0.1) is 13.8 Å². The van der Waals surface area contributed by atoms with Crippen molar-refractivity contribution in [1.82, 2.24) is 9.88 Å². The van der Waals surface area contributed by atoms with Gasteiger partial charge in [-0.1, -0.05) is 18.2 Å². The van der Waals surface area contributed by atoms with Crippen LogP contribution in [0.4, 0.5) is 5.82 Å². The second-order valence-electron chi connectivity index (χ2n) is 7.96. The summed E-state index contributed by atoms with van der Waals surface area (Å²) in [5.41, 5.74) is 3.94. The standard InChI is InChI=1S/C25H29N3O4/c1-16-7-6-8-19-17(2)13-22(26-23(16)19)27-9-11-28(12-10-27)25(29)18-14-20(30-3)24(32-5)21(15-18)31-4/h6-8,13-15H,9-12H2,1-5H3. The molecule has 7 nitrogen and oxygen atoms in total. The van der Waals surface area contributed by atoms with Crippen LogP contribution in [0.2, 0.25) is 0 Å². The van der Waals surface area contributed by atoms with Crippen LogP contribution in [0.15, 0.2) is 36.4 Å². The van der Waals surface area contributed by atoms with Gasteiger partial charge < -0.3 is 24.0 Å². The average Bonchev–Trinajstić information content (AvgIpc) is 2.83. The van der Waals surface area contributed by atoms with Crippen molar-refractivity contribution in [3.8, 4) is 17.2 Å². The van der Waals surface area contributed by atoms with Gasteiger partial charge in [0.25, 0.3) is 5.91 Å². The Morgan fingerprint density at radius 1 is 0.875 bits per heavy atom. The number of pyridine rings is 1. The lowest BCUT2D eigenvalue weighted by molar-refractivity contribution is 0.0745. The Kier molecular flexibility index (Phi) is 6.08. The SMILES string of the molecule is COc1cc(C(=O)N2CCN(c3cc(C)c4cccc(C)c4n3)CC2)cc(OC)c1OC. The highest BCUT2D eigenvalue weighted by molar-refractivity contribution is 5.96. The van der Waals surface area contributed by atoms with Crippen LogP contribution in [-0.4, -0.2) is 63.3 Å². The van der Waals surface area contributed by atoms with Gasteiger partial charge in [-0.15, -0.1) is 0 Å². The molecule has 1 amide bonds. The van der Waals surface area contributed by atoms with Gasteiger partial charge in [0.2, 0.25) is 5.75 Å². The van der Waals surface area contributed by atoms with Crippen LogP contribution >= 0.6 is 0 Å². The largest absolute Gasteiger partial charge is 0.493 e. The normalized spacial score (nSPS) is 13.9. The number of ether oxygens (including phenoxy) is 3. The summed E-state index contributed by atoms with van der Waals surface area (Å²) in [5.74, 6) is 2.33. The van der Waals surface area contributed by atoms with E-state index < -0.39 is 0 Å². The van der Waals surface area contributed by atoms with Gasteiger partial charge in [0, 0.05) is 37.1 Å². The first-order chi connectivity index (χ1) is 15.5. The van der Waals surface area contributed by atoms with Gasteiger partial charge in [-0.05, 0) is 43.2 Å². The predicted octanol–water partition coefficient (Wildman–Crippen LogP) is 3.84. The van der Waals surface area contributed by atoms with Gasteiger partial charge in [-0.3, -0.25) is 4.79 Å². The Morgan fingerprint density at radius 3 is 2.12 bits per heavy atom. The van der Waals surface area contributed by atoms with Crippen LogP contribution in [-0.2, 0) is 0 Å². The third kappa shape index (κ3) is 3.90. The number of hydrogen-bond acceptors (Lipinski definition) is 6. The second-order valence-corrected chi connectivity index (χ2v) is 7.96. The number of nitrogens with zero attached hydrogens (tertiary/aromatic N) is 3. The first-order valence-corrected chi connectivity index (χ1v) is 10.7. The van der Waals surface area contributed by atoms with Crippen molar-refractivity contribution in [3.05, 3.63) is 53.1 Å². The number of aromatic nitrogens is 1. The quantitative estimate of drug-likeness (QED) is 0.607. The number of carbonyl (C=O) groups excluding carboxylic acids is 1. The molecule has 3 aromatic rings. The molecule has 0 atom stereocenters. The van der Waals surface area contributed by atoms with Crippen molar-refractivity contribution in [1.29, 1.82) is 0 Å². The van der Waals surface area contributed by atoms with Crippen LogP contribution in [0.3, 0.4) is 0 Å². The number of carbonyl (C=O) groups is 1. The molecule has 1 fully saturated rings. The fourth-order valence-corrected chi connectivity index (χ4v) is 4.23. The number of hydrogen-bond donors (Lipinski definition) is 0. The molecule has 2 heterocycles. The van der Waals surface area contributed by atoms with Gasteiger partial charge in [0.05, 0.1) is 26.8 Å². The summed E-state index contributed by atoms with van der Waals surface area (Å²) in [6.45, 7) is 6.88. The number of anilines is 1. The Hall–Kier alpha value is -3.48. The lowest BCUT2D eigenvalue weighted by Crippen LogP contribution is -2.49. The van der Waals surface area contributed by atoms with E-state index in [0.717, 1.165) is 24.4 Å². The van der Waals surface area contributed by atoms with E-state index in [4.69, 9.17) is 19.2 Å². The molecule has 1 aromatic heterocycles. The summed E-state index contributed by atoms with van der Waals surface area (Å²) in [5, 5.41) is 1.19. The zero-order valence-electron chi connectivity index (χ0n) is 19.3. The highest BCUT2D eigenvalue weighted by Crippen LogP contribution is 2.38. The molecule has 32 heavy (non-hydrogen) atoms. The van der Waals surface area contributed by atoms with E-state index in [2.05, 4.69) is 43.0 Å². The van der Waals surface area contributed by atoms with Crippen molar-refractivity contribution in [3.63, 3.8) is 0 Å². The summed E-state index contributed by atoms with van der Waals surface area (Å²) in [7, 11) is 4.64. The van der Waals surface area contributed by atoms with Crippen LogP contribution in [0.1, 0.15) is 21.5 Å². The first kappa shape index (κ1) is 21.7. The molecule has 7 heteroatoms. The third-order valence-corrected chi connectivity index (χ3v) is 6.04. The highest BCUT2D eigenvalue weighted by Gasteiger charge is 2.25. The Morgan fingerprint density at radius 2 is 1.53 bits per heavy atom. The number of para-hydroxylation sites is 1. The Labute approximate surface area is 188 Å². The van der Waals surface area contributed by atoms with Gasteiger partial charge in [0.15, 0.2) is 11.5 Å². The van der Waals surface area contributed by atoms with E-state index in [1.807, 2.05) is 4.90 Å². The average molecular weight is 436 g/mol. The van der Waals surface area contributed by atoms with E-state index in [1.54, 1.807) is 33.5 Å². The van der Waals surface area contributed by atoms with E-state index in [0.29, 0.717) is 35.9 Å². The number of rotatable bonds is 5. The van der Waals surface area contributed by atoms with E-state index in [9.17, 15) is 4.79 Å². The van der Waals surface area contributed by atoms with E-state index in [-0.39, 0.29) is 5.91 Å². The van der Waals surface area contributed by atoms with Gasteiger partial charge >= 0.3 is 0 Å². The number of methoxy groups -OCH3 is 3. The summed E-state index contributed by atoms with van der Waals surface area (Å²) in [4.78, 5) is 22.2. The summed E-state index contributed by atoms with van der Waals surface area (Å²) >= 11 is 0. The van der Waals surface area contributed by atoms with E-state index >= 15 is 0 Å². The maximum atomic E-state index is 13.2. The van der Waals surface area contributed by atoms with Crippen LogP contribution in [0.5, 0.6) is 17.2 Å². The number of fused-ring (bicyclic) bond motifs is 1. The minimum Gasteiger partial charge on any atom is -0.493 e. The van der Waals surface area contributed by atoms with Crippen LogP contribution in [0.25, 0.3) is 10.9 Å². The Balaban J connectivity index is 1.52. The zero-order chi connectivity index (χ0) is 22.8. The monoisotopic (exact) mass is 435 g/mol. The molecular weight excluding hydrogens is 406 g/mol. The topological polar surface area (TPSA) is 64.1 Å². The summed E-state index contributed by atoms with van der Waals surface area (Å²) < 4.78 is 16.2. The molecule has 0 spiro atoms. The molecule has 2 aromatic carbocycles. The lowest BCUT2D eigenvalue weighted by atomic mass is 10.1. The number of piperazine rings is 1. The van der Waals surface area contributed by atoms with Gasteiger partial charge in [-0.25, -0.2) is 4.98 Å². The highest BCUT2D eigenvalue weighted by atomic mass is 16.5. The van der Waals surface area contributed by atoms with Crippen molar-refractivity contribution in [2.75, 3.05) is 52.4 Å². The molecule has 4 rings (SSSR count). The predicted molar refractivity (Wildman–Crippen MR) is 125 cm³/mol. The molecule has 0 bridgehead atoms. The fraction of sp³-hybridized carbons (Fsp3) is 0.360. The molecule has 1 saturated heterocycles. The van der Waals surface area contributed by atoms with E-state index in [1.165, 1.54) is 16.5 Å². The van der Waals surface area contributed by atoms with Crippen molar-refractivity contribution >= 4 is 22.6 Å². The molecule has 0 saturated carbocycles. The number of aryl methyl sites for hydroxylation is 2. The lowest BCUT2D eigenvalue weighted by Gasteiger charge is -2.36. The molecule has 168 valence electrons. The number of benzene rings is 2. The van der Waals surface area contributed by atoms with Gasteiger partial charge in [-0.2, -0.15) is 0 Å². The molecule has 0 unspecified atom stereocenters. The molecule has 1 aliphatic rings. The minimum atomic E-state index is -0.0533. The Bertz CT molecular complexity index is 1130. The zero-order valence-corrected chi connectivity index (χ0v) is 19.3.